The molecule has 3 aromatic rings. The van der Waals surface area contributed by atoms with Gasteiger partial charge in [0.2, 0.25) is 0 Å². The highest BCUT2D eigenvalue weighted by atomic mass is 35.5. The van der Waals surface area contributed by atoms with Crippen molar-refractivity contribution < 1.29 is 17.9 Å². The predicted molar refractivity (Wildman–Crippen MR) is 113 cm³/mol. The van der Waals surface area contributed by atoms with Gasteiger partial charge < -0.3 is 10.5 Å². The molecule has 2 N–H and O–H groups in total. The van der Waals surface area contributed by atoms with Gasteiger partial charge in [-0.25, -0.2) is 0 Å². The molecule has 2 aromatic heterocycles. The Labute approximate surface area is 178 Å². The van der Waals surface area contributed by atoms with Gasteiger partial charge in [-0.3, -0.25) is 9.97 Å². The van der Waals surface area contributed by atoms with Crippen molar-refractivity contribution in [1.82, 2.24) is 9.97 Å². The van der Waals surface area contributed by atoms with Crippen molar-refractivity contribution in [3.8, 4) is 17.0 Å². The lowest BCUT2D eigenvalue weighted by atomic mass is 9.99. The molecule has 0 saturated heterocycles. The standard InChI is InChI=1S/C22H23ClF3N3O/c1-13(27)6-8-21(2,3)30-20-12-29-19(11-17(20)23)16-7-9-28-18-10-14(22(24,25)26)4-5-15(16)18/h4-5,7,9-13H,6,8,27H2,1-3H3/t13-/m0/s1. The Morgan fingerprint density at radius 2 is 1.87 bits per heavy atom. The Morgan fingerprint density at radius 3 is 2.50 bits per heavy atom. The Bertz CT molecular complexity index is 1050. The second kappa shape index (κ2) is 8.40. The molecule has 160 valence electrons. The fraction of sp³-hybridized carbons (Fsp3) is 0.364. The number of rotatable bonds is 6. The van der Waals surface area contributed by atoms with Crippen LogP contribution in [-0.2, 0) is 6.18 Å². The molecule has 1 atom stereocenters. The van der Waals surface area contributed by atoms with E-state index in [1.165, 1.54) is 18.5 Å². The molecule has 0 aliphatic rings. The molecule has 30 heavy (non-hydrogen) atoms. The molecule has 8 heteroatoms. The number of pyridine rings is 2. The van der Waals surface area contributed by atoms with Crippen LogP contribution in [-0.4, -0.2) is 21.6 Å². The number of hydrogen-bond acceptors (Lipinski definition) is 4. The first kappa shape index (κ1) is 22.3. The highest BCUT2D eigenvalue weighted by Crippen LogP contribution is 2.36. The van der Waals surface area contributed by atoms with Crippen molar-refractivity contribution in [3.63, 3.8) is 0 Å². The lowest BCUT2D eigenvalue weighted by molar-refractivity contribution is -0.137. The van der Waals surface area contributed by atoms with Crippen molar-refractivity contribution in [3.05, 3.63) is 53.3 Å². The molecule has 0 bridgehead atoms. The molecule has 0 radical (unpaired) electrons. The van der Waals surface area contributed by atoms with Crippen LogP contribution in [0.25, 0.3) is 22.2 Å². The minimum Gasteiger partial charge on any atom is -0.485 e. The van der Waals surface area contributed by atoms with Gasteiger partial charge in [0.25, 0.3) is 0 Å². The van der Waals surface area contributed by atoms with E-state index in [0.29, 0.717) is 27.4 Å². The summed E-state index contributed by atoms with van der Waals surface area (Å²) in [4.78, 5) is 8.50. The molecule has 0 aliphatic heterocycles. The van der Waals surface area contributed by atoms with E-state index in [0.717, 1.165) is 25.0 Å². The van der Waals surface area contributed by atoms with Crippen LogP contribution in [0.5, 0.6) is 5.75 Å². The number of benzene rings is 1. The van der Waals surface area contributed by atoms with Gasteiger partial charge in [-0.15, -0.1) is 0 Å². The maximum atomic E-state index is 13.0. The molecule has 2 heterocycles. The average molecular weight is 438 g/mol. The number of halogens is 4. The Balaban J connectivity index is 1.92. The van der Waals surface area contributed by atoms with Crippen LogP contribution in [0.4, 0.5) is 13.2 Å². The molecule has 1 aromatic carbocycles. The lowest BCUT2D eigenvalue weighted by Crippen LogP contribution is -2.31. The van der Waals surface area contributed by atoms with Crippen LogP contribution in [0.3, 0.4) is 0 Å². The third kappa shape index (κ3) is 5.21. The third-order valence-electron chi connectivity index (χ3n) is 4.75. The van der Waals surface area contributed by atoms with Gasteiger partial charge >= 0.3 is 6.18 Å². The number of fused-ring (bicyclic) bond motifs is 1. The second-order valence-electron chi connectivity index (χ2n) is 7.97. The Hall–Kier alpha value is -2.38. The van der Waals surface area contributed by atoms with E-state index in [1.807, 2.05) is 20.8 Å². The minimum atomic E-state index is -4.43. The number of nitrogens with two attached hydrogens (primary N) is 1. The first-order chi connectivity index (χ1) is 14.0. The molecular formula is C22H23ClF3N3O. The maximum absolute atomic E-state index is 13.0. The molecule has 0 fully saturated rings. The SMILES string of the molecule is C[C@H](N)CCC(C)(C)Oc1cnc(-c2ccnc3cc(C(F)(F)F)ccc23)cc1Cl. The number of hydrogen-bond donors (Lipinski definition) is 1. The van der Waals surface area contributed by atoms with E-state index in [-0.39, 0.29) is 11.6 Å². The summed E-state index contributed by atoms with van der Waals surface area (Å²) in [5.74, 6) is 0.438. The summed E-state index contributed by atoms with van der Waals surface area (Å²) in [5, 5.41) is 0.922. The van der Waals surface area contributed by atoms with Crippen molar-refractivity contribution in [2.75, 3.05) is 0 Å². The monoisotopic (exact) mass is 437 g/mol. The van der Waals surface area contributed by atoms with Gasteiger partial charge in [-0.1, -0.05) is 17.7 Å². The van der Waals surface area contributed by atoms with Crippen LogP contribution in [0.1, 0.15) is 39.2 Å². The Kier molecular flexibility index (Phi) is 6.24. The summed E-state index contributed by atoms with van der Waals surface area (Å²) in [6, 6.07) is 6.87. The molecular weight excluding hydrogens is 415 g/mol. The van der Waals surface area contributed by atoms with Crippen molar-refractivity contribution in [2.24, 2.45) is 5.73 Å². The molecule has 0 saturated carbocycles. The van der Waals surface area contributed by atoms with Crippen LogP contribution in [0.2, 0.25) is 5.02 Å². The number of aromatic nitrogens is 2. The molecule has 0 spiro atoms. The van der Waals surface area contributed by atoms with Gasteiger partial charge in [0.05, 0.1) is 28.0 Å². The van der Waals surface area contributed by atoms with E-state index >= 15 is 0 Å². The van der Waals surface area contributed by atoms with E-state index < -0.39 is 17.3 Å². The Morgan fingerprint density at radius 1 is 1.13 bits per heavy atom. The minimum absolute atomic E-state index is 0.0710. The zero-order valence-electron chi connectivity index (χ0n) is 16.9. The topological polar surface area (TPSA) is 61.0 Å². The van der Waals surface area contributed by atoms with E-state index in [2.05, 4.69) is 9.97 Å². The highest BCUT2D eigenvalue weighted by Gasteiger charge is 2.30. The molecule has 0 amide bonds. The summed E-state index contributed by atoms with van der Waals surface area (Å²) in [5.41, 5.74) is 6.00. The molecule has 4 nitrogen and oxygen atoms in total. The largest absolute Gasteiger partial charge is 0.485 e. The van der Waals surface area contributed by atoms with E-state index in [9.17, 15) is 13.2 Å². The van der Waals surface area contributed by atoms with E-state index in [1.54, 1.807) is 12.1 Å². The highest BCUT2D eigenvalue weighted by molar-refractivity contribution is 6.32. The average Bonchev–Trinajstić information content (AvgIpc) is 2.66. The predicted octanol–water partition coefficient (Wildman–Crippen LogP) is 6.25. The molecule has 0 aliphatic carbocycles. The second-order valence-corrected chi connectivity index (χ2v) is 8.37. The first-order valence-electron chi connectivity index (χ1n) is 9.53. The molecule has 3 rings (SSSR count). The number of nitrogens with zero attached hydrogens (tertiary/aromatic N) is 2. The quantitative estimate of drug-likeness (QED) is 0.494. The maximum Gasteiger partial charge on any atom is 0.416 e. The number of alkyl halides is 3. The number of ether oxygens (including phenoxy) is 1. The van der Waals surface area contributed by atoms with Crippen LogP contribution in [0.15, 0.2) is 42.7 Å². The van der Waals surface area contributed by atoms with Gasteiger partial charge in [-0.2, -0.15) is 13.2 Å². The molecule has 0 unspecified atom stereocenters. The smallest absolute Gasteiger partial charge is 0.416 e. The summed E-state index contributed by atoms with van der Waals surface area (Å²) in [6.07, 6.45) is 0.107. The first-order valence-corrected chi connectivity index (χ1v) is 9.90. The van der Waals surface area contributed by atoms with Crippen molar-refractivity contribution >= 4 is 22.5 Å². The normalized spacial score (nSPS) is 13.5. The fourth-order valence-electron chi connectivity index (χ4n) is 3.11. The van der Waals surface area contributed by atoms with Gasteiger partial charge in [0.15, 0.2) is 5.75 Å². The zero-order valence-corrected chi connectivity index (χ0v) is 17.7. The van der Waals surface area contributed by atoms with Crippen LogP contribution >= 0.6 is 11.6 Å². The summed E-state index contributed by atoms with van der Waals surface area (Å²) >= 11 is 6.43. The summed E-state index contributed by atoms with van der Waals surface area (Å²) in [7, 11) is 0. The summed E-state index contributed by atoms with van der Waals surface area (Å²) < 4.78 is 45.0. The van der Waals surface area contributed by atoms with Gasteiger partial charge in [0.1, 0.15) is 5.60 Å². The van der Waals surface area contributed by atoms with Crippen molar-refractivity contribution in [2.45, 2.75) is 51.4 Å². The van der Waals surface area contributed by atoms with Gasteiger partial charge in [0, 0.05) is 23.2 Å². The van der Waals surface area contributed by atoms with Crippen LogP contribution < -0.4 is 10.5 Å². The van der Waals surface area contributed by atoms with Gasteiger partial charge in [-0.05, 0) is 57.9 Å². The van der Waals surface area contributed by atoms with Crippen molar-refractivity contribution in [1.29, 1.82) is 0 Å². The third-order valence-corrected chi connectivity index (χ3v) is 5.05. The van der Waals surface area contributed by atoms with Crippen LogP contribution in [0, 0.1) is 0 Å². The fourth-order valence-corrected chi connectivity index (χ4v) is 3.30. The zero-order chi connectivity index (χ0) is 22.1. The lowest BCUT2D eigenvalue weighted by Gasteiger charge is -2.27. The van der Waals surface area contributed by atoms with E-state index in [4.69, 9.17) is 22.1 Å². The summed E-state index contributed by atoms with van der Waals surface area (Å²) in [6.45, 7) is 5.85.